The number of anilines is 1. The van der Waals surface area contributed by atoms with Crippen LogP contribution in [0.5, 0.6) is 0 Å². The molecule has 2 unspecified atom stereocenters. The van der Waals surface area contributed by atoms with E-state index in [4.69, 9.17) is 11.5 Å². The zero-order chi connectivity index (χ0) is 13.9. The Hall–Kier alpha value is -2.15. The summed E-state index contributed by atoms with van der Waals surface area (Å²) >= 11 is 0. The summed E-state index contributed by atoms with van der Waals surface area (Å²) in [5.41, 5.74) is 14.9. The van der Waals surface area contributed by atoms with E-state index >= 15 is 0 Å². The third-order valence-corrected chi connectivity index (χ3v) is 4.02. The van der Waals surface area contributed by atoms with Crippen LogP contribution in [0.25, 0.3) is 11.0 Å². The van der Waals surface area contributed by atoms with E-state index in [2.05, 4.69) is 5.10 Å². The summed E-state index contributed by atoms with van der Waals surface area (Å²) in [7, 11) is 0. The molecule has 0 aliphatic heterocycles. The smallest absolute Gasteiger partial charge is 0.458 e. The Kier molecular flexibility index (Phi) is 2.30. The fraction of sp³-hybridized carbons (Fsp3) is 0.417. The van der Waals surface area contributed by atoms with Crippen molar-refractivity contribution in [2.45, 2.75) is 32.2 Å². The first kappa shape index (κ1) is 11.9. The van der Waals surface area contributed by atoms with E-state index in [9.17, 15) is 10.4 Å². The van der Waals surface area contributed by atoms with Crippen LogP contribution in [0.3, 0.4) is 0 Å². The molecule has 7 nitrogen and oxygen atoms in total. The van der Waals surface area contributed by atoms with Crippen LogP contribution in [-0.2, 0) is 6.42 Å². The zero-order valence-corrected chi connectivity index (χ0v) is 10.8. The van der Waals surface area contributed by atoms with Gasteiger partial charge < -0.3 is 16.1 Å². The maximum absolute atomic E-state index is 12.0. The number of nitrogen functional groups attached to an aromatic ring is 1. The van der Waals surface area contributed by atoms with Crippen molar-refractivity contribution < 1.29 is 9.58 Å². The summed E-state index contributed by atoms with van der Waals surface area (Å²) in [5.74, 6) is -0.186. The molecule has 19 heavy (non-hydrogen) atoms. The first-order valence-corrected chi connectivity index (χ1v) is 6.12. The Labute approximate surface area is 109 Å². The van der Waals surface area contributed by atoms with Crippen molar-refractivity contribution >= 4 is 17.0 Å². The predicted octanol–water partition coefficient (Wildman–Crippen LogP) is -0.621. The molecule has 0 amide bonds. The van der Waals surface area contributed by atoms with Crippen molar-refractivity contribution in [1.29, 1.82) is 0 Å². The number of aryl methyl sites for hydroxylation is 1. The highest BCUT2D eigenvalue weighted by molar-refractivity contribution is 5.76. The van der Waals surface area contributed by atoms with Crippen LogP contribution in [0.2, 0.25) is 0 Å². The van der Waals surface area contributed by atoms with Crippen molar-refractivity contribution in [2.75, 3.05) is 5.73 Å². The molecule has 0 spiro atoms. The van der Waals surface area contributed by atoms with E-state index in [1.165, 1.54) is 0 Å². The minimum Gasteiger partial charge on any atom is -0.739 e. The molecule has 1 aliphatic rings. The fourth-order valence-corrected chi connectivity index (χ4v) is 3.02. The van der Waals surface area contributed by atoms with Crippen LogP contribution < -0.4 is 21.0 Å². The molecule has 2 aromatic rings. The summed E-state index contributed by atoms with van der Waals surface area (Å²) in [6.07, 6.45) is 0.705. The molecule has 0 saturated heterocycles. The van der Waals surface area contributed by atoms with Crippen LogP contribution in [-0.4, -0.2) is 11.1 Å². The zero-order valence-electron chi connectivity index (χ0n) is 10.8. The summed E-state index contributed by atoms with van der Waals surface area (Å²) < 4.78 is 0.510. The van der Waals surface area contributed by atoms with Crippen molar-refractivity contribution in [3.63, 3.8) is 0 Å². The van der Waals surface area contributed by atoms with Crippen LogP contribution in [0.1, 0.15) is 29.5 Å². The number of fused-ring (bicyclic) bond motifs is 2. The molecule has 3 rings (SSSR count). The van der Waals surface area contributed by atoms with Crippen molar-refractivity contribution in [3.8, 4) is 0 Å². The molecule has 7 heteroatoms. The minimum absolute atomic E-state index is 0.0102. The monoisotopic (exact) mass is 261 g/mol. The molecule has 0 saturated carbocycles. The molecule has 1 aromatic heterocycles. The number of nitrogens with zero attached hydrogens (tertiary/aromatic N) is 3. The normalized spacial score (nSPS) is 21.8. The lowest BCUT2D eigenvalue weighted by Gasteiger charge is -2.15. The van der Waals surface area contributed by atoms with Gasteiger partial charge in [0.25, 0.3) is 5.52 Å². The number of rotatable bonds is 0. The third-order valence-electron chi connectivity index (χ3n) is 4.02. The Bertz CT molecular complexity index is 701. The molecule has 0 bridgehead atoms. The van der Waals surface area contributed by atoms with Crippen molar-refractivity contribution in [2.24, 2.45) is 5.73 Å². The molecular formula is C12H15N5O2. The van der Waals surface area contributed by atoms with Gasteiger partial charge in [-0.25, -0.2) is 4.73 Å². The first-order chi connectivity index (χ1) is 8.91. The largest absolute Gasteiger partial charge is 0.739 e. The van der Waals surface area contributed by atoms with Gasteiger partial charge in [-0.2, -0.15) is 0 Å². The van der Waals surface area contributed by atoms with Gasteiger partial charge in [0.2, 0.25) is 5.10 Å². The lowest BCUT2D eigenvalue weighted by molar-refractivity contribution is -0.672. The molecule has 4 N–H and O–H groups in total. The van der Waals surface area contributed by atoms with Gasteiger partial charge in [0.1, 0.15) is 0 Å². The van der Waals surface area contributed by atoms with Gasteiger partial charge in [-0.15, -0.1) is 0 Å². The topological polar surface area (TPSA) is 119 Å². The second-order valence-corrected chi connectivity index (χ2v) is 5.12. The van der Waals surface area contributed by atoms with E-state index in [1.807, 2.05) is 13.8 Å². The maximum Gasteiger partial charge on any atom is 0.458 e. The third kappa shape index (κ3) is 1.45. The highest BCUT2D eigenvalue weighted by Gasteiger charge is 2.32. The summed E-state index contributed by atoms with van der Waals surface area (Å²) in [6, 6.07) is 1.71. The molecule has 1 heterocycles. The molecule has 2 atom stereocenters. The van der Waals surface area contributed by atoms with Gasteiger partial charge >= 0.3 is 5.95 Å². The van der Waals surface area contributed by atoms with Crippen LogP contribution in [0.15, 0.2) is 6.07 Å². The Balaban J connectivity index is 2.46. The molecule has 0 radical (unpaired) electrons. The summed E-state index contributed by atoms with van der Waals surface area (Å²) in [5, 5.41) is 27.3. The van der Waals surface area contributed by atoms with Gasteiger partial charge in [0.15, 0.2) is 5.52 Å². The quantitative estimate of drug-likeness (QED) is 0.484. The lowest BCUT2D eigenvalue weighted by Crippen LogP contribution is -2.44. The average Bonchev–Trinajstić information content (AvgIpc) is 2.62. The standard InChI is InChI=1S/C12H15N5O2/c1-5-8(13)3-7-4-9-11(6(2)10(5)7)16(18)12(14)15-17(9)19/h4-5,8H,3,13H2,1-2H3,(H2,14,15). The molecule has 1 aliphatic carbocycles. The van der Waals surface area contributed by atoms with E-state index < -0.39 is 0 Å². The Morgan fingerprint density at radius 2 is 2.11 bits per heavy atom. The molecule has 100 valence electrons. The number of hydrogen-bond acceptors (Lipinski definition) is 5. The highest BCUT2D eigenvalue weighted by atomic mass is 16.5. The predicted molar refractivity (Wildman–Crippen MR) is 68.9 cm³/mol. The second-order valence-electron chi connectivity index (χ2n) is 5.12. The average molecular weight is 261 g/mol. The van der Waals surface area contributed by atoms with Gasteiger partial charge in [0, 0.05) is 17.0 Å². The second kappa shape index (κ2) is 3.67. The maximum atomic E-state index is 12.0. The Morgan fingerprint density at radius 1 is 1.42 bits per heavy atom. The Morgan fingerprint density at radius 3 is 2.79 bits per heavy atom. The van der Waals surface area contributed by atoms with Crippen LogP contribution in [0.4, 0.5) is 5.95 Å². The number of benzene rings is 1. The number of hydrogen-bond donors (Lipinski definition) is 2. The summed E-state index contributed by atoms with van der Waals surface area (Å²) in [6.45, 7) is 3.85. The first-order valence-electron chi connectivity index (χ1n) is 6.12. The van der Waals surface area contributed by atoms with Gasteiger partial charge in [-0.05, 0) is 36.0 Å². The van der Waals surface area contributed by atoms with Gasteiger partial charge in [-0.1, -0.05) is 6.92 Å². The summed E-state index contributed by atoms with van der Waals surface area (Å²) in [4.78, 5) is 0.404. The van der Waals surface area contributed by atoms with Crippen LogP contribution in [0, 0.1) is 17.3 Å². The van der Waals surface area contributed by atoms with E-state index in [0.717, 1.165) is 16.7 Å². The van der Waals surface area contributed by atoms with Crippen molar-refractivity contribution in [1.82, 2.24) is 5.10 Å². The van der Waals surface area contributed by atoms with E-state index in [0.29, 0.717) is 16.0 Å². The van der Waals surface area contributed by atoms with Crippen molar-refractivity contribution in [3.05, 3.63) is 33.2 Å². The SMILES string of the molecule is Cc1c2c(cc3c1[n+]([O-])c(N)n[n+]3[O-])CC(N)C2C. The van der Waals surface area contributed by atoms with Crippen LogP contribution >= 0.6 is 0 Å². The van der Waals surface area contributed by atoms with E-state index in [-0.39, 0.29) is 28.9 Å². The fourth-order valence-electron chi connectivity index (χ4n) is 3.02. The van der Waals surface area contributed by atoms with Gasteiger partial charge in [0.05, 0.1) is 0 Å². The van der Waals surface area contributed by atoms with E-state index in [1.54, 1.807) is 6.07 Å². The molecule has 1 aromatic carbocycles. The molecular weight excluding hydrogens is 246 g/mol. The lowest BCUT2D eigenvalue weighted by atomic mass is 9.95. The highest BCUT2D eigenvalue weighted by Crippen LogP contribution is 2.36. The molecule has 0 fully saturated rings. The van der Waals surface area contributed by atoms with Gasteiger partial charge in [-0.3, -0.25) is 5.73 Å². The number of aromatic nitrogens is 3. The minimum atomic E-state index is -0.347. The number of nitrogens with two attached hydrogens (primary N) is 2.